The Morgan fingerprint density at radius 1 is 1.44 bits per heavy atom. The number of hydrogen-bond donors (Lipinski definition) is 0. The second-order valence-corrected chi connectivity index (χ2v) is 4.85. The van der Waals surface area contributed by atoms with E-state index in [1.54, 1.807) is 13.8 Å². The first-order valence-corrected chi connectivity index (χ1v) is 5.72. The molecule has 0 N–H and O–H groups in total. The maximum absolute atomic E-state index is 11.5. The summed E-state index contributed by atoms with van der Waals surface area (Å²) in [4.78, 5) is 15.2. The fourth-order valence-corrected chi connectivity index (χ4v) is 1.66. The minimum absolute atomic E-state index is 0.0791. The molecule has 0 aromatic carbocycles. The highest BCUT2D eigenvalue weighted by molar-refractivity contribution is 5.08. The summed E-state index contributed by atoms with van der Waals surface area (Å²) in [5.74, 6) is -0.00168. The van der Waals surface area contributed by atoms with Crippen LogP contribution in [0.3, 0.4) is 0 Å². The van der Waals surface area contributed by atoms with Crippen molar-refractivity contribution in [1.82, 2.24) is 5.16 Å². The lowest BCUT2D eigenvalue weighted by Gasteiger charge is -2.16. The first kappa shape index (κ1) is 14.2. The van der Waals surface area contributed by atoms with Gasteiger partial charge in [-0.15, -0.1) is 10.1 Å². The summed E-state index contributed by atoms with van der Waals surface area (Å²) in [5.41, 5.74) is 0.482. The van der Waals surface area contributed by atoms with Crippen LogP contribution in [-0.4, -0.2) is 10.2 Å². The van der Waals surface area contributed by atoms with Crippen LogP contribution >= 0.6 is 0 Å². The van der Waals surface area contributed by atoms with Gasteiger partial charge in [0.15, 0.2) is 6.10 Å². The monoisotopic (exact) mass is 259 g/mol. The van der Waals surface area contributed by atoms with Crippen molar-refractivity contribution >= 4 is 0 Å². The molecule has 0 saturated carbocycles. The van der Waals surface area contributed by atoms with Gasteiger partial charge in [-0.3, -0.25) is 4.63 Å². The van der Waals surface area contributed by atoms with Gasteiger partial charge in [-0.25, -0.2) is 0 Å². The molecule has 8 nitrogen and oxygen atoms in total. The molecule has 1 rings (SSSR count). The summed E-state index contributed by atoms with van der Waals surface area (Å²) in [6, 6.07) is 0. The van der Waals surface area contributed by atoms with Gasteiger partial charge in [0.2, 0.25) is 11.4 Å². The highest BCUT2D eigenvalue weighted by Gasteiger charge is 2.33. The summed E-state index contributed by atoms with van der Waals surface area (Å²) in [5, 5.41) is 24.7. The summed E-state index contributed by atoms with van der Waals surface area (Å²) in [6.07, 6.45) is -0.476. The average Bonchev–Trinajstić information content (AvgIpc) is 2.55. The van der Waals surface area contributed by atoms with E-state index in [4.69, 9.17) is 0 Å². The Labute approximate surface area is 104 Å². The van der Waals surface area contributed by atoms with E-state index in [2.05, 4.69) is 14.6 Å². The van der Waals surface area contributed by atoms with Crippen molar-refractivity contribution in [2.45, 2.75) is 40.2 Å². The topological polar surface area (TPSA) is 105 Å². The van der Waals surface area contributed by atoms with Gasteiger partial charge in [0.1, 0.15) is 0 Å². The molecule has 1 heterocycles. The van der Waals surface area contributed by atoms with Crippen LogP contribution in [0.4, 0.5) is 0 Å². The summed E-state index contributed by atoms with van der Waals surface area (Å²) >= 11 is 0. The van der Waals surface area contributed by atoms with Gasteiger partial charge < -0.3 is 10.0 Å². The minimum atomic E-state index is -0.975. The molecule has 8 heteroatoms. The van der Waals surface area contributed by atoms with Crippen LogP contribution in [0.25, 0.3) is 0 Å². The summed E-state index contributed by atoms with van der Waals surface area (Å²) in [6.45, 7) is 7.35. The fourth-order valence-electron chi connectivity index (χ4n) is 1.66. The van der Waals surface area contributed by atoms with Gasteiger partial charge >= 0.3 is 0 Å². The van der Waals surface area contributed by atoms with Gasteiger partial charge in [-0.1, -0.05) is 27.7 Å². The molecule has 0 saturated heterocycles. The van der Waals surface area contributed by atoms with Gasteiger partial charge in [-0.05, 0) is 16.7 Å². The second-order valence-electron chi connectivity index (χ2n) is 4.85. The highest BCUT2D eigenvalue weighted by atomic mass is 17.0. The zero-order valence-corrected chi connectivity index (χ0v) is 10.8. The van der Waals surface area contributed by atoms with Crippen molar-refractivity contribution in [3.05, 3.63) is 26.7 Å². The molecular weight excluding hydrogens is 242 g/mol. The largest absolute Gasteiger partial charge is 0.359 e. The zero-order valence-electron chi connectivity index (χ0n) is 10.8. The lowest BCUT2D eigenvalue weighted by atomic mass is 9.99. The molecule has 0 aliphatic carbocycles. The quantitative estimate of drug-likeness (QED) is 0.434. The molecule has 1 aromatic rings. The third kappa shape index (κ3) is 3.31. The lowest BCUT2D eigenvalue weighted by Crippen LogP contribution is -2.34. The van der Waals surface area contributed by atoms with Crippen LogP contribution < -0.4 is 4.90 Å². The third-order valence-electron chi connectivity index (χ3n) is 2.39. The third-order valence-corrected chi connectivity index (χ3v) is 2.39. The van der Waals surface area contributed by atoms with Crippen LogP contribution in [0.2, 0.25) is 0 Å². The SMILES string of the molecule is CC(C)Cc1no[n+]([O-])c1C(O[N+](=O)[O-])C(C)C. The van der Waals surface area contributed by atoms with Crippen molar-refractivity contribution < 1.29 is 19.5 Å². The molecule has 0 aliphatic heterocycles. The predicted octanol–water partition coefficient (Wildman–Crippen LogP) is 1.41. The number of nitrogens with zero attached hydrogens (tertiary/aromatic N) is 3. The van der Waals surface area contributed by atoms with E-state index in [0.29, 0.717) is 12.1 Å². The minimum Gasteiger partial charge on any atom is -0.359 e. The van der Waals surface area contributed by atoms with E-state index < -0.39 is 11.2 Å². The Hall–Kier alpha value is -1.86. The molecule has 0 radical (unpaired) electrons. The van der Waals surface area contributed by atoms with E-state index in [1.165, 1.54) is 0 Å². The van der Waals surface area contributed by atoms with E-state index in [9.17, 15) is 15.3 Å². The zero-order chi connectivity index (χ0) is 13.9. The van der Waals surface area contributed by atoms with Gasteiger partial charge in [0.25, 0.3) is 5.09 Å². The molecule has 18 heavy (non-hydrogen) atoms. The molecule has 0 amide bonds. The Morgan fingerprint density at radius 2 is 2.06 bits per heavy atom. The highest BCUT2D eigenvalue weighted by Crippen LogP contribution is 2.26. The summed E-state index contributed by atoms with van der Waals surface area (Å²) < 4.78 is 4.52. The molecule has 1 atom stereocenters. The van der Waals surface area contributed by atoms with Gasteiger partial charge in [0.05, 0.1) is 0 Å². The van der Waals surface area contributed by atoms with Gasteiger partial charge in [-0.2, -0.15) is 0 Å². The van der Waals surface area contributed by atoms with Crippen LogP contribution in [0.5, 0.6) is 0 Å². The maximum atomic E-state index is 11.5. The van der Waals surface area contributed by atoms with E-state index in [1.807, 2.05) is 13.8 Å². The molecule has 0 bridgehead atoms. The molecule has 1 aromatic heterocycles. The van der Waals surface area contributed by atoms with Crippen LogP contribution in [0.15, 0.2) is 4.63 Å². The second kappa shape index (κ2) is 5.65. The molecule has 0 aliphatic rings. The Kier molecular flexibility index (Phi) is 4.46. The molecule has 0 fully saturated rings. The smallest absolute Gasteiger partial charge is 0.295 e. The predicted molar refractivity (Wildman–Crippen MR) is 59.7 cm³/mol. The number of hydrogen-bond acceptors (Lipinski definition) is 6. The van der Waals surface area contributed by atoms with Crippen molar-refractivity contribution in [2.75, 3.05) is 0 Å². The first-order valence-electron chi connectivity index (χ1n) is 5.72. The first-order chi connectivity index (χ1) is 8.32. The lowest BCUT2D eigenvalue weighted by molar-refractivity contribution is -0.826. The van der Waals surface area contributed by atoms with Crippen molar-refractivity contribution in [2.24, 2.45) is 11.8 Å². The van der Waals surface area contributed by atoms with Crippen molar-refractivity contribution in [3.8, 4) is 0 Å². The maximum Gasteiger partial charge on any atom is 0.295 e. The van der Waals surface area contributed by atoms with E-state index in [-0.39, 0.29) is 22.4 Å². The average molecular weight is 259 g/mol. The molecule has 0 spiro atoms. The Morgan fingerprint density at radius 3 is 2.50 bits per heavy atom. The van der Waals surface area contributed by atoms with Crippen LogP contribution in [0, 0.1) is 27.2 Å². The number of aromatic nitrogens is 2. The van der Waals surface area contributed by atoms with Gasteiger partial charge in [0, 0.05) is 11.6 Å². The van der Waals surface area contributed by atoms with E-state index in [0.717, 1.165) is 0 Å². The van der Waals surface area contributed by atoms with Crippen molar-refractivity contribution in [3.63, 3.8) is 0 Å². The molecule has 102 valence electrons. The number of rotatable bonds is 6. The Balaban J connectivity index is 3.09. The standard InChI is InChI=1S/C10H17N3O5/c1-6(2)5-8-9(12(14)18-11-8)10(7(3)4)17-13(15)16/h6-7,10H,5H2,1-4H3. The molecular formula is C10H17N3O5. The molecule has 1 unspecified atom stereocenters. The van der Waals surface area contributed by atoms with Crippen molar-refractivity contribution in [1.29, 1.82) is 0 Å². The summed E-state index contributed by atoms with van der Waals surface area (Å²) in [7, 11) is 0. The van der Waals surface area contributed by atoms with E-state index >= 15 is 0 Å². The van der Waals surface area contributed by atoms with Crippen LogP contribution in [0.1, 0.15) is 45.2 Å². The fraction of sp³-hybridized carbons (Fsp3) is 0.800. The van der Waals surface area contributed by atoms with Crippen LogP contribution in [-0.2, 0) is 11.3 Å². The Bertz CT molecular complexity index is 416. The normalized spacial score (nSPS) is 13.0.